The van der Waals surface area contributed by atoms with E-state index >= 15 is 0 Å². The van der Waals surface area contributed by atoms with Crippen molar-refractivity contribution in [2.75, 3.05) is 0 Å². The highest BCUT2D eigenvalue weighted by Crippen LogP contribution is 2.31. The molecule has 0 spiro atoms. The monoisotopic (exact) mass is 354 g/mol. The Kier molecular flexibility index (Phi) is 3.04. The minimum atomic E-state index is 0.167. The minimum Gasteiger partial charge on any atom is -0.288 e. The molecule has 0 saturated heterocycles. The first-order chi connectivity index (χ1) is 8.24. The number of thiophene rings is 1. The fourth-order valence-corrected chi connectivity index (χ4v) is 3.76. The van der Waals surface area contributed by atoms with E-state index in [4.69, 9.17) is 0 Å². The highest BCUT2D eigenvalue weighted by atomic mass is 127. The molecule has 1 aromatic carbocycles. The highest BCUT2D eigenvalue weighted by molar-refractivity contribution is 14.1. The van der Waals surface area contributed by atoms with Crippen LogP contribution in [0.4, 0.5) is 0 Å². The van der Waals surface area contributed by atoms with Crippen LogP contribution in [-0.4, -0.2) is 5.78 Å². The Balaban J connectivity index is 1.93. The maximum Gasteiger partial charge on any atom is 0.202 e. The van der Waals surface area contributed by atoms with Crippen LogP contribution < -0.4 is 0 Å². The van der Waals surface area contributed by atoms with Crippen molar-refractivity contribution in [3.63, 3.8) is 0 Å². The molecule has 0 N–H and O–H groups in total. The topological polar surface area (TPSA) is 17.1 Å². The summed E-state index contributed by atoms with van der Waals surface area (Å²) in [5.41, 5.74) is 2.19. The smallest absolute Gasteiger partial charge is 0.202 e. The molecule has 17 heavy (non-hydrogen) atoms. The van der Waals surface area contributed by atoms with Gasteiger partial charge in [-0.2, -0.15) is 0 Å². The third kappa shape index (κ3) is 2.18. The van der Waals surface area contributed by atoms with Gasteiger partial charge in [-0.25, -0.2) is 0 Å². The van der Waals surface area contributed by atoms with Crippen molar-refractivity contribution < 1.29 is 4.79 Å². The van der Waals surface area contributed by atoms with E-state index < -0.39 is 0 Å². The average Bonchev–Trinajstić information content (AvgIpc) is 2.89. The lowest BCUT2D eigenvalue weighted by Gasteiger charge is -1.98. The molecule has 86 valence electrons. The van der Waals surface area contributed by atoms with Crippen LogP contribution in [0, 0.1) is 3.57 Å². The van der Waals surface area contributed by atoms with Crippen molar-refractivity contribution in [3.05, 3.63) is 54.8 Å². The lowest BCUT2D eigenvalue weighted by Crippen LogP contribution is -1.98. The second kappa shape index (κ2) is 4.53. The van der Waals surface area contributed by atoms with Crippen molar-refractivity contribution in [1.29, 1.82) is 0 Å². The van der Waals surface area contributed by atoms with Crippen molar-refractivity contribution in [2.45, 2.75) is 19.3 Å². The fourth-order valence-electron chi connectivity index (χ4n) is 2.18. The summed E-state index contributed by atoms with van der Waals surface area (Å²) in [7, 11) is 0. The maximum absolute atomic E-state index is 12.3. The minimum absolute atomic E-state index is 0.167. The van der Waals surface area contributed by atoms with Gasteiger partial charge in [0.25, 0.3) is 0 Å². The van der Waals surface area contributed by atoms with Gasteiger partial charge in [0.2, 0.25) is 5.78 Å². The van der Waals surface area contributed by atoms with Crippen LogP contribution >= 0.6 is 33.9 Å². The number of hydrogen-bond acceptors (Lipinski definition) is 2. The summed E-state index contributed by atoms with van der Waals surface area (Å²) in [6, 6.07) is 9.88. The number of halogens is 1. The van der Waals surface area contributed by atoms with Gasteiger partial charge in [-0.1, -0.05) is 0 Å². The Morgan fingerprint density at radius 3 is 2.65 bits per heavy atom. The van der Waals surface area contributed by atoms with Crippen LogP contribution in [0.2, 0.25) is 0 Å². The summed E-state index contributed by atoms with van der Waals surface area (Å²) < 4.78 is 1.16. The molecule has 0 radical (unpaired) electrons. The molecule has 0 bridgehead atoms. The number of benzene rings is 1. The quantitative estimate of drug-likeness (QED) is 0.587. The molecule has 1 heterocycles. The van der Waals surface area contributed by atoms with E-state index in [1.165, 1.54) is 16.9 Å². The van der Waals surface area contributed by atoms with Crippen LogP contribution in [0.25, 0.3) is 0 Å². The molecule has 0 fully saturated rings. The lowest BCUT2D eigenvalue weighted by molar-refractivity contribution is 0.104. The first kappa shape index (κ1) is 11.4. The van der Waals surface area contributed by atoms with E-state index in [9.17, 15) is 4.79 Å². The molecule has 1 nitrogen and oxygen atoms in total. The van der Waals surface area contributed by atoms with Crippen molar-refractivity contribution >= 4 is 39.7 Å². The lowest BCUT2D eigenvalue weighted by atomic mass is 10.1. The second-order valence-corrected chi connectivity index (χ2v) is 6.63. The molecular weight excluding hydrogens is 343 g/mol. The van der Waals surface area contributed by atoms with Crippen LogP contribution in [0.3, 0.4) is 0 Å². The van der Waals surface area contributed by atoms with Gasteiger partial charge in [0.1, 0.15) is 0 Å². The van der Waals surface area contributed by atoms with E-state index in [0.717, 1.165) is 26.9 Å². The van der Waals surface area contributed by atoms with Gasteiger partial charge in [-0.15, -0.1) is 11.3 Å². The molecule has 1 aliphatic carbocycles. The molecule has 3 heteroatoms. The molecule has 1 aromatic heterocycles. The normalized spacial score (nSPS) is 13.7. The van der Waals surface area contributed by atoms with Crippen molar-refractivity contribution in [2.24, 2.45) is 0 Å². The summed E-state index contributed by atoms with van der Waals surface area (Å²) in [5.74, 6) is 0.167. The fraction of sp³-hybridized carbons (Fsp3) is 0.214. The molecule has 0 atom stereocenters. The van der Waals surface area contributed by atoms with E-state index in [1.807, 2.05) is 24.3 Å². The van der Waals surface area contributed by atoms with Crippen molar-refractivity contribution in [3.8, 4) is 0 Å². The number of carbonyl (C=O) groups is 1. The van der Waals surface area contributed by atoms with Crippen LogP contribution in [0.15, 0.2) is 30.3 Å². The van der Waals surface area contributed by atoms with E-state index in [1.54, 1.807) is 11.3 Å². The number of hydrogen-bond donors (Lipinski definition) is 0. The van der Waals surface area contributed by atoms with Crippen LogP contribution in [0.1, 0.15) is 32.1 Å². The van der Waals surface area contributed by atoms with Gasteiger partial charge in [0, 0.05) is 14.0 Å². The number of carbonyl (C=O) groups excluding carboxylic acids is 1. The van der Waals surface area contributed by atoms with Crippen molar-refractivity contribution in [1.82, 2.24) is 0 Å². The largest absolute Gasteiger partial charge is 0.288 e. The molecule has 1 aliphatic rings. The Labute approximate surface area is 118 Å². The summed E-state index contributed by atoms with van der Waals surface area (Å²) in [4.78, 5) is 14.6. The van der Waals surface area contributed by atoms with Gasteiger partial charge < -0.3 is 0 Å². The number of ketones is 1. The zero-order valence-electron chi connectivity index (χ0n) is 9.20. The van der Waals surface area contributed by atoms with Gasteiger partial charge in [0.15, 0.2) is 0 Å². The zero-order valence-corrected chi connectivity index (χ0v) is 12.2. The SMILES string of the molecule is O=C(c1ccc(I)cc1)c1cc2c(s1)CCC2. The van der Waals surface area contributed by atoms with E-state index in [2.05, 4.69) is 28.7 Å². The first-order valence-corrected chi connectivity index (χ1v) is 7.55. The van der Waals surface area contributed by atoms with Gasteiger partial charge in [-0.05, 0) is 77.7 Å². The molecule has 0 amide bonds. The second-order valence-electron chi connectivity index (χ2n) is 4.25. The molecular formula is C14H11IOS. The third-order valence-electron chi connectivity index (χ3n) is 3.08. The first-order valence-electron chi connectivity index (χ1n) is 5.66. The summed E-state index contributed by atoms with van der Waals surface area (Å²) in [6.07, 6.45) is 3.55. The summed E-state index contributed by atoms with van der Waals surface area (Å²) in [5, 5.41) is 0. The standard InChI is InChI=1S/C14H11IOS/c15-11-6-4-9(5-7-11)14(16)13-8-10-2-1-3-12(10)17-13/h4-8H,1-3H2. The summed E-state index contributed by atoms with van der Waals surface area (Å²) >= 11 is 3.93. The Morgan fingerprint density at radius 2 is 1.94 bits per heavy atom. The van der Waals surface area contributed by atoms with Crippen LogP contribution in [0.5, 0.6) is 0 Å². The average molecular weight is 354 g/mol. The number of aryl methyl sites for hydroxylation is 2. The Morgan fingerprint density at radius 1 is 1.18 bits per heavy atom. The van der Waals surface area contributed by atoms with Gasteiger partial charge in [-0.3, -0.25) is 4.79 Å². The number of rotatable bonds is 2. The number of fused-ring (bicyclic) bond motifs is 1. The molecule has 0 saturated carbocycles. The van der Waals surface area contributed by atoms with Gasteiger partial charge >= 0.3 is 0 Å². The predicted octanol–water partition coefficient (Wildman–Crippen LogP) is 4.07. The van der Waals surface area contributed by atoms with E-state index in [-0.39, 0.29) is 5.78 Å². The molecule has 0 aliphatic heterocycles. The molecule has 3 rings (SSSR count). The van der Waals surface area contributed by atoms with Crippen LogP contribution in [-0.2, 0) is 12.8 Å². The molecule has 0 unspecified atom stereocenters. The Hall–Kier alpha value is -0.680. The molecule has 2 aromatic rings. The zero-order chi connectivity index (χ0) is 11.8. The maximum atomic E-state index is 12.3. The predicted molar refractivity (Wildman–Crippen MR) is 78.9 cm³/mol. The highest BCUT2D eigenvalue weighted by Gasteiger charge is 2.19. The van der Waals surface area contributed by atoms with Gasteiger partial charge in [0.05, 0.1) is 4.88 Å². The summed E-state index contributed by atoms with van der Waals surface area (Å²) in [6.45, 7) is 0. The van der Waals surface area contributed by atoms with E-state index in [0.29, 0.717) is 0 Å². The Bertz CT molecular complexity index is 547. The third-order valence-corrected chi connectivity index (χ3v) is 5.03.